The van der Waals surface area contributed by atoms with Gasteiger partial charge in [0.05, 0.1) is 0 Å². The zero-order chi connectivity index (χ0) is 16.4. The fourth-order valence-electron chi connectivity index (χ4n) is 3.60. The minimum Gasteiger partial charge on any atom is -0.381 e. The third-order valence-electron chi connectivity index (χ3n) is 5.06. The van der Waals surface area contributed by atoms with Gasteiger partial charge in [0.2, 0.25) is 11.3 Å². The normalized spacial score (nSPS) is 20.3. The van der Waals surface area contributed by atoms with Crippen LogP contribution in [0.4, 0.5) is 11.6 Å². The van der Waals surface area contributed by atoms with Crippen LogP contribution >= 0.6 is 0 Å². The average molecular weight is 332 g/mol. The van der Waals surface area contributed by atoms with E-state index in [2.05, 4.69) is 27.2 Å². The molecule has 2 aromatic heterocycles. The van der Waals surface area contributed by atoms with Gasteiger partial charge in [-0.2, -0.15) is 0 Å². The van der Waals surface area contributed by atoms with Crippen molar-refractivity contribution in [2.24, 2.45) is 0 Å². The van der Waals surface area contributed by atoms with E-state index in [0.29, 0.717) is 17.3 Å². The van der Waals surface area contributed by atoms with Crippen molar-refractivity contribution in [2.75, 3.05) is 43.2 Å². The molecule has 0 aliphatic carbocycles. The van der Waals surface area contributed by atoms with E-state index < -0.39 is 0 Å². The second-order valence-corrected chi connectivity index (χ2v) is 6.64. The fourth-order valence-corrected chi connectivity index (χ4v) is 3.60. The molecule has 4 heterocycles. The van der Waals surface area contributed by atoms with E-state index in [4.69, 9.17) is 19.3 Å². The summed E-state index contributed by atoms with van der Waals surface area (Å²) >= 11 is 0. The number of anilines is 2. The summed E-state index contributed by atoms with van der Waals surface area (Å²) in [6.45, 7) is 3.63. The molecule has 2 aliphatic rings. The number of ether oxygens (including phenoxy) is 1. The molecule has 8 heteroatoms. The van der Waals surface area contributed by atoms with E-state index in [1.54, 1.807) is 0 Å². The number of nitrogens with zero attached hydrogens (tertiary/aromatic N) is 6. The lowest BCUT2D eigenvalue weighted by Gasteiger charge is -2.34. The van der Waals surface area contributed by atoms with Crippen molar-refractivity contribution < 1.29 is 9.37 Å². The average Bonchev–Trinajstić information content (AvgIpc) is 2.92. The van der Waals surface area contributed by atoms with Crippen LogP contribution in [0.3, 0.4) is 0 Å². The van der Waals surface area contributed by atoms with Gasteiger partial charge in [0.15, 0.2) is 11.6 Å². The van der Waals surface area contributed by atoms with Crippen LogP contribution in [0.25, 0.3) is 11.3 Å². The molecule has 2 saturated heterocycles. The molecule has 130 valence electrons. The molecule has 0 unspecified atom stereocenters. The molecular weight excluding hydrogens is 308 g/mol. The van der Waals surface area contributed by atoms with E-state index in [1.807, 2.05) is 0 Å². The van der Waals surface area contributed by atoms with Crippen LogP contribution < -0.4 is 9.80 Å². The Labute approximate surface area is 141 Å². The Kier molecular flexibility index (Phi) is 4.46. The van der Waals surface area contributed by atoms with Crippen molar-refractivity contribution in [2.45, 2.75) is 44.6 Å². The smallest absolute Gasteiger partial charge is 0.245 e. The summed E-state index contributed by atoms with van der Waals surface area (Å²) in [5.74, 6) is 1.79. The summed E-state index contributed by atoms with van der Waals surface area (Å²) in [6.07, 6.45) is 6.96. The molecule has 0 bridgehead atoms. The van der Waals surface area contributed by atoms with Crippen molar-refractivity contribution >= 4 is 22.9 Å². The summed E-state index contributed by atoms with van der Waals surface area (Å²) in [5.41, 5.74) is 0.959. The monoisotopic (exact) mass is 332 g/mol. The maximum absolute atomic E-state index is 5.50. The Bertz CT molecular complexity index is 676. The molecule has 0 atom stereocenters. The van der Waals surface area contributed by atoms with Crippen molar-refractivity contribution in [3.8, 4) is 0 Å². The minimum atomic E-state index is 0.413. The molecule has 0 N–H and O–H groups in total. The van der Waals surface area contributed by atoms with Gasteiger partial charge < -0.3 is 14.5 Å². The van der Waals surface area contributed by atoms with Gasteiger partial charge in [-0.3, -0.25) is 0 Å². The van der Waals surface area contributed by atoms with Crippen molar-refractivity contribution in [1.29, 1.82) is 0 Å². The molecule has 0 spiro atoms. The zero-order valence-electron chi connectivity index (χ0n) is 14.1. The predicted octanol–water partition coefficient (Wildman–Crippen LogP) is 2.01. The second kappa shape index (κ2) is 6.88. The number of aromatic nitrogens is 4. The van der Waals surface area contributed by atoms with Gasteiger partial charge in [0.25, 0.3) is 0 Å². The predicted molar refractivity (Wildman–Crippen MR) is 90.3 cm³/mol. The molecular formula is C16H24N6O2. The quantitative estimate of drug-likeness (QED) is 0.844. The summed E-state index contributed by atoms with van der Waals surface area (Å²) in [5, 5.41) is 7.77. The van der Waals surface area contributed by atoms with Gasteiger partial charge in [-0.15, -0.1) is 0 Å². The lowest BCUT2D eigenvalue weighted by molar-refractivity contribution is 0.0853. The Morgan fingerprint density at radius 2 is 1.62 bits per heavy atom. The summed E-state index contributed by atoms with van der Waals surface area (Å²) in [7, 11) is 2.10. The Balaban J connectivity index is 1.71. The maximum atomic E-state index is 5.50. The number of hydrogen-bond acceptors (Lipinski definition) is 8. The topological polar surface area (TPSA) is 80.4 Å². The van der Waals surface area contributed by atoms with Gasteiger partial charge in [0.1, 0.15) is 0 Å². The Hall–Kier alpha value is -1.96. The third kappa shape index (κ3) is 3.02. The lowest BCUT2D eigenvalue weighted by atomic mass is 10.1. The first-order chi connectivity index (χ1) is 11.8. The molecule has 2 fully saturated rings. The SMILES string of the molecule is CN(c1nc2nonc2nc1N1CCCCCC1)C1CCOCC1. The first kappa shape index (κ1) is 15.6. The number of hydrogen-bond donors (Lipinski definition) is 0. The molecule has 0 saturated carbocycles. The lowest BCUT2D eigenvalue weighted by Crippen LogP contribution is -2.39. The van der Waals surface area contributed by atoms with Crippen molar-refractivity contribution in [1.82, 2.24) is 20.3 Å². The number of fused-ring (bicyclic) bond motifs is 1. The van der Waals surface area contributed by atoms with Crippen molar-refractivity contribution in [3.05, 3.63) is 0 Å². The molecule has 2 aromatic rings. The van der Waals surface area contributed by atoms with Gasteiger partial charge in [-0.25, -0.2) is 14.6 Å². The van der Waals surface area contributed by atoms with Crippen LogP contribution in [0.2, 0.25) is 0 Å². The van der Waals surface area contributed by atoms with Gasteiger partial charge >= 0.3 is 0 Å². The molecule has 0 amide bonds. The van der Waals surface area contributed by atoms with Crippen LogP contribution in [0.15, 0.2) is 4.63 Å². The van der Waals surface area contributed by atoms with Gasteiger partial charge in [0, 0.05) is 39.4 Å². The minimum absolute atomic E-state index is 0.413. The highest BCUT2D eigenvalue weighted by Crippen LogP contribution is 2.31. The molecule has 24 heavy (non-hydrogen) atoms. The van der Waals surface area contributed by atoms with E-state index >= 15 is 0 Å². The molecule has 0 aromatic carbocycles. The van der Waals surface area contributed by atoms with Gasteiger partial charge in [-0.1, -0.05) is 12.8 Å². The first-order valence-corrected chi connectivity index (χ1v) is 8.89. The zero-order valence-corrected chi connectivity index (χ0v) is 14.1. The van der Waals surface area contributed by atoms with Crippen LogP contribution in [0.5, 0.6) is 0 Å². The summed E-state index contributed by atoms with van der Waals surface area (Å²) < 4.78 is 10.3. The highest BCUT2D eigenvalue weighted by atomic mass is 16.6. The largest absolute Gasteiger partial charge is 0.381 e. The van der Waals surface area contributed by atoms with E-state index in [-0.39, 0.29) is 0 Å². The second-order valence-electron chi connectivity index (χ2n) is 6.64. The van der Waals surface area contributed by atoms with E-state index in [9.17, 15) is 0 Å². The highest BCUT2D eigenvalue weighted by Gasteiger charge is 2.26. The number of rotatable bonds is 3. The van der Waals surface area contributed by atoms with E-state index in [0.717, 1.165) is 50.8 Å². The highest BCUT2D eigenvalue weighted by molar-refractivity contribution is 5.74. The van der Waals surface area contributed by atoms with Gasteiger partial charge in [-0.05, 0) is 36.0 Å². The van der Waals surface area contributed by atoms with Crippen LogP contribution in [0, 0.1) is 0 Å². The van der Waals surface area contributed by atoms with Crippen molar-refractivity contribution in [3.63, 3.8) is 0 Å². The molecule has 8 nitrogen and oxygen atoms in total. The van der Waals surface area contributed by atoms with Crippen LogP contribution in [-0.2, 0) is 4.74 Å². The standard InChI is InChI=1S/C16H24N6O2/c1-21(12-6-10-23-11-7-12)15-16(22-8-4-2-3-5-9-22)18-14-13(17-15)19-24-20-14/h12H,2-11H2,1H3. The Morgan fingerprint density at radius 1 is 0.958 bits per heavy atom. The molecule has 0 radical (unpaired) electrons. The third-order valence-corrected chi connectivity index (χ3v) is 5.06. The van der Waals surface area contributed by atoms with Crippen LogP contribution in [-0.4, -0.2) is 59.7 Å². The van der Waals surface area contributed by atoms with E-state index in [1.165, 1.54) is 25.7 Å². The first-order valence-electron chi connectivity index (χ1n) is 8.89. The fraction of sp³-hybridized carbons (Fsp3) is 0.750. The summed E-state index contributed by atoms with van der Waals surface area (Å²) in [6, 6.07) is 0.413. The van der Waals surface area contributed by atoms with Crippen LogP contribution in [0.1, 0.15) is 38.5 Å². The maximum Gasteiger partial charge on any atom is 0.245 e. The molecule has 4 rings (SSSR count). The summed E-state index contributed by atoms with van der Waals surface area (Å²) in [4.78, 5) is 14.1. The molecule has 2 aliphatic heterocycles. The Morgan fingerprint density at radius 3 is 2.33 bits per heavy atom.